The van der Waals surface area contributed by atoms with Crippen LogP contribution in [-0.2, 0) is 4.79 Å². The van der Waals surface area contributed by atoms with Gasteiger partial charge in [-0.15, -0.1) is 5.10 Å². The standard InChI is InChI=1S/C12H12N4O3/c17-11-4-2-8(6-13-11)16-10-3-1-7(12(18)19)5-9(10)14-15-16/h1,3,5,8H,2,4,6H2,(H,13,17)(H,18,19). The fourth-order valence-electron chi connectivity index (χ4n) is 2.27. The van der Waals surface area contributed by atoms with Gasteiger partial charge in [-0.05, 0) is 24.6 Å². The molecule has 7 heteroatoms. The number of amides is 1. The van der Waals surface area contributed by atoms with E-state index < -0.39 is 5.97 Å². The van der Waals surface area contributed by atoms with Crippen molar-refractivity contribution in [3.63, 3.8) is 0 Å². The van der Waals surface area contributed by atoms with Gasteiger partial charge in [-0.25, -0.2) is 9.48 Å². The fourth-order valence-corrected chi connectivity index (χ4v) is 2.27. The lowest BCUT2D eigenvalue weighted by atomic mass is 10.1. The smallest absolute Gasteiger partial charge is 0.335 e. The summed E-state index contributed by atoms with van der Waals surface area (Å²) in [4.78, 5) is 22.0. The predicted octanol–water partition coefficient (Wildman–Crippen LogP) is 0.581. The summed E-state index contributed by atoms with van der Waals surface area (Å²) in [5, 5.41) is 19.8. The highest BCUT2D eigenvalue weighted by Crippen LogP contribution is 2.22. The summed E-state index contributed by atoms with van der Waals surface area (Å²) >= 11 is 0. The Hall–Kier alpha value is -2.44. The highest BCUT2D eigenvalue weighted by atomic mass is 16.4. The maximum atomic E-state index is 11.1. The summed E-state index contributed by atoms with van der Waals surface area (Å²) in [6.07, 6.45) is 1.18. The SMILES string of the molecule is O=C1CCC(n2nnc3cc(C(=O)O)ccc32)CN1. The summed E-state index contributed by atoms with van der Waals surface area (Å²) in [6, 6.07) is 4.81. The highest BCUT2D eigenvalue weighted by Gasteiger charge is 2.22. The molecular formula is C12H12N4O3. The van der Waals surface area contributed by atoms with Crippen molar-refractivity contribution in [2.45, 2.75) is 18.9 Å². The van der Waals surface area contributed by atoms with Crippen LogP contribution in [0.15, 0.2) is 18.2 Å². The molecule has 1 aliphatic rings. The number of hydrogen-bond donors (Lipinski definition) is 2. The summed E-state index contributed by atoms with van der Waals surface area (Å²) in [7, 11) is 0. The number of carboxylic acids is 1. The van der Waals surface area contributed by atoms with Gasteiger partial charge in [-0.3, -0.25) is 4.79 Å². The normalized spacial score (nSPS) is 19.4. The lowest BCUT2D eigenvalue weighted by Crippen LogP contribution is -2.36. The monoisotopic (exact) mass is 260 g/mol. The molecule has 2 N–H and O–H groups in total. The van der Waals surface area contributed by atoms with Crippen molar-refractivity contribution < 1.29 is 14.7 Å². The van der Waals surface area contributed by atoms with E-state index in [9.17, 15) is 9.59 Å². The first kappa shape index (κ1) is 11.6. The second-order valence-electron chi connectivity index (χ2n) is 4.54. The van der Waals surface area contributed by atoms with Crippen LogP contribution in [0.25, 0.3) is 11.0 Å². The number of carboxylic acid groups (broad SMARTS) is 1. The number of rotatable bonds is 2. The number of carbonyl (C=O) groups is 2. The molecule has 1 aliphatic heterocycles. The van der Waals surface area contributed by atoms with Gasteiger partial charge in [-0.2, -0.15) is 0 Å². The predicted molar refractivity (Wildman–Crippen MR) is 65.8 cm³/mol. The summed E-state index contributed by atoms with van der Waals surface area (Å²) in [6.45, 7) is 0.526. The van der Waals surface area contributed by atoms with Gasteiger partial charge in [0, 0.05) is 13.0 Å². The Balaban J connectivity index is 1.97. The minimum absolute atomic E-state index is 0.0498. The van der Waals surface area contributed by atoms with Gasteiger partial charge in [0.15, 0.2) is 0 Å². The number of aromatic nitrogens is 3. The first-order valence-corrected chi connectivity index (χ1v) is 6.00. The first-order chi connectivity index (χ1) is 9.15. The van der Waals surface area contributed by atoms with Crippen molar-refractivity contribution in [3.8, 4) is 0 Å². The number of aromatic carboxylic acids is 1. The molecule has 0 spiro atoms. The second kappa shape index (κ2) is 4.34. The van der Waals surface area contributed by atoms with E-state index in [-0.39, 0.29) is 17.5 Å². The third-order valence-corrected chi connectivity index (χ3v) is 3.30. The number of nitrogens with zero attached hydrogens (tertiary/aromatic N) is 3. The molecule has 3 rings (SSSR count). The molecule has 0 radical (unpaired) electrons. The molecule has 1 unspecified atom stereocenters. The maximum Gasteiger partial charge on any atom is 0.335 e. The van der Waals surface area contributed by atoms with E-state index in [1.54, 1.807) is 10.7 Å². The van der Waals surface area contributed by atoms with Crippen LogP contribution in [0.3, 0.4) is 0 Å². The van der Waals surface area contributed by atoms with Gasteiger partial charge < -0.3 is 10.4 Å². The van der Waals surface area contributed by atoms with Crippen molar-refractivity contribution in [1.29, 1.82) is 0 Å². The number of carbonyl (C=O) groups excluding carboxylic acids is 1. The fraction of sp³-hybridized carbons (Fsp3) is 0.333. The Morgan fingerprint density at radius 3 is 3.00 bits per heavy atom. The first-order valence-electron chi connectivity index (χ1n) is 6.00. The molecule has 0 saturated carbocycles. The number of piperidine rings is 1. The molecule has 2 heterocycles. The van der Waals surface area contributed by atoms with Gasteiger partial charge >= 0.3 is 5.97 Å². The van der Waals surface area contributed by atoms with Crippen LogP contribution in [0, 0.1) is 0 Å². The number of hydrogen-bond acceptors (Lipinski definition) is 4. The van der Waals surface area contributed by atoms with E-state index in [1.165, 1.54) is 12.1 Å². The second-order valence-corrected chi connectivity index (χ2v) is 4.54. The van der Waals surface area contributed by atoms with Crippen molar-refractivity contribution in [3.05, 3.63) is 23.8 Å². The van der Waals surface area contributed by atoms with E-state index in [4.69, 9.17) is 5.11 Å². The average molecular weight is 260 g/mol. The molecule has 1 fully saturated rings. The molecule has 0 aliphatic carbocycles. The zero-order chi connectivity index (χ0) is 13.4. The quantitative estimate of drug-likeness (QED) is 0.823. The van der Waals surface area contributed by atoms with Crippen LogP contribution < -0.4 is 5.32 Å². The molecule has 1 amide bonds. The number of fused-ring (bicyclic) bond motifs is 1. The Morgan fingerprint density at radius 2 is 2.32 bits per heavy atom. The topological polar surface area (TPSA) is 97.1 Å². The van der Waals surface area contributed by atoms with Crippen LogP contribution in [0.5, 0.6) is 0 Å². The van der Waals surface area contributed by atoms with Crippen molar-refractivity contribution in [1.82, 2.24) is 20.3 Å². The van der Waals surface area contributed by atoms with E-state index in [0.717, 1.165) is 5.52 Å². The third kappa shape index (κ3) is 2.03. The summed E-state index contributed by atoms with van der Waals surface area (Å²) < 4.78 is 1.75. The van der Waals surface area contributed by atoms with Crippen molar-refractivity contribution in [2.75, 3.05) is 6.54 Å². The average Bonchev–Trinajstić information content (AvgIpc) is 2.82. The molecule has 1 aromatic carbocycles. The Kier molecular flexibility index (Phi) is 2.66. The lowest BCUT2D eigenvalue weighted by Gasteiger charge is -2.22. The molecule has 1 atom stereocenters. The molecular weight excluding hydrogens is 248 g/mol. The molecule has 2 aromatic rings. The van der Waals surface area contributed by atoms with E-state index >= 15 is 0 Å². The minimum atomic E-state index is -0.985. The van der Waals surface area contributed by atoms with Crippen LogP contribution in [0.1, 0.15) is 29.2 Å². The number of nitrogens with one attached hydrogen (secondary N) is 1. The molecule has 98 valence electrons. The largest absolute Gasteiger partial charge is 0.478 e. The van der Waals surface area contributed by atoms with E-state index in [0.29, 0.717) is 24.9 Å². The van der Waals surface area contributed by atoms with Crippen LogP contribution in [0.4, 0.5) is 0 Å². The van der Waals surface area contributed by atoms with Gasteiger partial charge in [-0.1, -0.05) is 5.21 Å². The van der Waals surface area contributed by atoms with E-state index in [2.05, 4.69) is 15.6 Å². The minimum Gasteiger partial charge on any atom is -0.478 e. The van der Waals surface area contributed by atoms with Crippen molar-refractivity contribution in [2.24, 2.45) is 0 Å². The van der Waals surface area contributed by atoms with Gasteiger partial charge in [0.25, 0.3) is 0 Å². The summed E-state index contributed by atoms with van der Waals surface area (Å²) in [5.41, 5.74) is 1.53. The Bertz CT molecular complexity index is 654. The highest BCUT2D eigenvalue weighted by molar-refractivity contribution is 5.92. The Labute approximate surface area is 108 Å². The zero-order valence-corrected chi connectivity index (χ0v) is 10.0. The maximum absolute atomic E-state index is 11.1. The Morgan fingerprint density at radius 1 is 1.47 bits per heavy atom. The van der Waals surface area contributed by atoms with Crippen LogP contribution in [0.2, 0.25) is 0 Å². The third-order valence-electron chi connectivity index (χ3n) is 3.30. The molecule has 19 heavy (non-hydrogen) atoms. The molecule has 7 nitrogen and oxygen atoms in total. The van der Waals surface area contributed by atoms with Crippen molar-refractivity contribution >= 4 is 22.9 Å². The molecule has 1 saturated heterocycles. The van der Waals surface area contributed by atoms with Gasteiger partial charge in [0.05, 0.1) is 17.1 Å². The van der Waals surface area contributed by atoms with Gasteiger partial charge in [0.1, 0.15) is 5.52 Å². The molecule has 0 bridgehead atoms. The van der Waals surface area contributed by atoms with Gasteiger partial charge in [0.2, 0.25) is 5.91 Å². The molecule has 1 aromatic heterocycles. The summed E-state index contributed by atoms with van der Waals surface area (Å²) in [5.74, 6) is -0.935. The lowest BCUT2D eigenvalue weighted by molar-refractivity contribution is -0.122. The van der Waals surface area contributed by atoms with Crippen LogP contribution >= 0.6 is 0 Å². The zero-order valence-electron chi connectivity index (χ0n) is 10.0. The number of benzene rings is 1. The van der Waals surface area contributed by atoms with Crippen LogP contribution in [-0.4, -0.2) is 38.5 Å². The van der Waals surface area contributed by atoms with E-state index in [1.807, 2.05) is 0 Å².